The van der Waals surface area contributed by atoms with Gasteiger partial charge in [-0.3, -0.25) is 14.5 Å². The molecule has 1 saturated carbocycles. The molecule has 0 bridgehead atoms. The average molecular weight is 391 g/mol. The van der Waals surface area contributed by atoms with Gasteiger partial charge in [0.15, 0.2) is 0 Å². The number of morpholine rings is 1. The number of carbonyl (C=O) groups is 2. The third kappa shape index (κ3) is 6.27. The molecule has 2 amide bonds. The van der Waals surface area contributed by atoms with E-state index in [1.54, 1.807) is 12.1 Å². The van der Waals surface area contributed by atoms with Gasteiger partial charge in [0, 0.05) is 44.6 Å². The Morgan fingerprint density at radius 3 is 2.14 bits per heavy atom. The SMILES string of the molecule is O=C(NCCN1CCOCC1)C1CCC(C(=O)NCc2ccc(F)cc2)CC1. The summed E-state index contributed by atoms with van der Waals surface area (Å²) in [7, 11) is 0. The Bertz CT molecular complexity index is 639. The number of rotatable bonds is 7. The van der Waals surface area contributed by atoms with Crippen LogP contribution in [0, 0.1) is 17.7 Å². The molecule has 2 N–H and O–H groups in total. The molecular formula is C21H30FN3O3. The second-order valence-corrected chi connectivity index (χ2v) is 7.64. The fourth-order valence-electron chi connectivity index (χ4n) is 3.86. The molecule has 28 heavy (non-hydrogen) atoms. The van der Waals surface area contributed by atoms with Crippen LogP contribution in [0.1, 0.15) is 31.2 Å². The van der Waals surface area contributed by atoms with Crippen molar-refractivity contribution in [3.8, 4) is 0 Å². The van der Waals surface area contributed by atoms with Gasteiger partial charge in [0.1, 0.15) is 5.82 Å². The van der Waals surface area contributed by atoms with Crippen LogP contribution in [0.2, 0.25) is 0 Å². The van der Waals surface area contributed by atoms with E-state index in [2.05, 4.69) is 15.5 Å². The van der Waals surface area contributed by atoms with Gasteiger partial charge in [0.05, 0.1) is 13.2 Å². The van der Waals surface area contributed by atoms with Crippen LogP contribution in [0.25, 0.3) is 0 Å². The number of nitrogens with one attached hydrogen (secondary N) is 2. The van der Waals surface area contributed by atoms with E-state index < -0.39 is 0 Å². The molecule has 6 nitrogen and oxygen atoms in total. The molecule has 0 spiro atoms. The van der Waals surface area contributed by atoms with E-state index in [9.17, 15) is 14.0 Å². The van der Waals surface area contributed by atoms with Crippen LogP contribution in [-0.4, -0.2) is 56.1 Å². The molecule has 1 saturated heterocycles. The molecule has 2 aliphatic rings. The molecule has 2 fully saturated rings. The Kier molecular flexibility index (Phi) is 7.80. The average Bonchev–Trinajstić information content (AvgIpc) is 2.74. The Morgan fingerprint density at radius 2 is 1.54 bits per heavy atom. The predicted molar refractivity (Wildman–Crippen MR) is 104 cm³/mol. The summed E-state index contributed by atoms with van der Waals surface area (Å²) < 4.78 is 18.2. The standard InChI is InChI=1S/C21H30FN3O3/c22-19-7-1-16(2-8-19)15-24-21(27)18-5-3-17(4-6-18)20(26)23-9-10-25-11-13-28-14-12-25/h1-2,7-8,17-18H,3-6,9-15H2,(H,23,26)(H,24,27). The lowest BCUT2D eigenvalue weighted by molar-refractivity contribution is -0.130. The minimum Gasteiger partial charge on any atom is -0.379 e. The summed E-state index contributed by atoms with van der Waals surface area (Å²) in [5.74, 6) is -0.186. The lowest BCUT2D eigenvalue weighted by Crippen LogP contribution is -2.43. The molecule has 7 heteroatoms. The minimum absolute atomic E-state index is 0.00541. The Balaban J connectivity index is 1.32. The van der Waals surface area contributed by atoms with Crippen molar-refractivity contribution in [1.29, 1.82) is 0 Å². The molecule has 1 aliphatic carbocycles. The van der Waals surface area contributed by atoms with E-state index in [0.717, 1.165) is 64.1 Å². The first kappa shape index (κ1) is 20.7. The first-order chi connectivity index (χ1) is 13.6. The molecule has 0 radical (unpaired) electrons. The topological polar surface area (TPSA) is 70.7 Å². The predicted octanol–water partition coefficient (Wildman–Crippen LogP) is 1.70. The summed E-state index contributed by atoms with van der Waals surface area (Å²) >= 11 is 0. The number of ether oxygens (including phenoxy) is 1. The fraction of sp³-hybridized carbons (Fsp3) is 0.619. The van der Waals surface area contributed by atoms with Gasteiger partial charge in [-0.05, 0) is 43.4 Å². The van der Waals surface area contributed by atoms with E-state index in [4.69, 9.17) is 4.74 Å². The number of nitrogens with zero attached hydrogens (tertiary/aromatic N) is 1. The molecule has 3 rings (SSSR count). The molecule has 0 aromatic heterocycles. The highest BCUT2D eigenvalue weighted by Crippen LogP contribution is 2.29. The van der Waals surface area contributed by atoms with Gasteiger partial charge in [-0.15, -0.1) is 0 Å². The van der Waals surface area contributed by atoms with E-state index in [1.165, 1.54) is 12.1 Å². The first-order valence-corrected chi connectivity index (χ1v) is 10.2. The van der Waals surface area contributed by atoms with Crippen molar-refractivity contribution in [2.24, 2.45) is 11.8 Å². The number of carbonyl (C=O) groups excluding carboxylic acids is 2. The summed E-state index contributed by atoms with van der Waals surface area (Å²) in [6.07, 6.45) is 2.96. The zero-order valence-electron chi connectivity index (χ0n) is 16.3. The van der Waals surface area contributed by atoms with Crippen molar-refractivity contribution in [3.63, 3.8) is 0 Å². The minimum atomic E-state index is -0.281. The zero-order chi connectivity index (χ0) is 19.8. The van der Waals surface area contributed by atoms with Crippen molar-refractivity contribution in [2.45, 2.75) is 32.2 Å². The third-order valence-electron chi connectivity index (χ3n) is 5.68. The van der Waals surface area contributed by atoms with E-state index in [1.807, 2.05) is 0 Å². The Labute approximate surface area is 165 Å². The van der Waals surface area contributed by atoms with Gasteiger partial charge < -0.3 is 15.4 Å². The van der Waals surface area contributed by atoms with Gasteiger partial charge in [-0.1, -0.05) is 12.1 Å². The number of amides is 2. The molecule has 0 atom stereocenters. The molecular weight excluding hydrogens is 361 g/mol. The molecule has 1 heterocycles. The van der Waals surface area contributed by atoms with Crippen LogP contribution >= 0.6 is 0 Å². The fourth-order valence-corrected chi connectivity index (χ4v) is 3.86. The summed E-state index contributed by atoms with van der Waals surface area (Å²) in [5.41, 5.74) is 0.878. The van der Waals surface area contributed by atoms with Crippen molar-refractivity contribution in [2.75, 3.05) is 39.4 Å². The van der Waals surface area contributed by atoms with Crippen LogP contribution in [0.5, 0.6) is 0 Å². The van der Waals surface area contributed by atoms with Gasteiger partial charge in [0.25, 0.3) is 0 Å². The number of hydrogen-bond donors (Lipinski definition) is 2. The van der Waals surface area contributed by atoms with Crippen LogP contribution in [0.3, 0.4) is 0 Å². The zero-order valence-corrected chi connectivity index (χ0v) is 16.3. The van der Waals surface area contributed by atoms with Gasteiger partial charge in [-0.2, -0.15) is 0 Å². The smallest absolute Gasteiger partial charge is 0.223 e. The first-order valence-electron chi connectivity index (χ1n) is 10.2. The molecule has 154 valence electrons. The van der Waals surface area contributed by atoms with Crippen molar-refractivity contribution in [3.05, 3.63) is 35.6 Å². The maximum Gasteiger partial charge on any atom is 0.223 e. The largest absolute Gasteiger partial charge is 0.379 e. The molecule has 1 aromatic carbocycles. The lowest BCUT2D eigenvalue weighted by atomic mass is 9.81. The van der Waals surface area contributed by atoms with Crippen molar-refractivity contribution < 1.29 is 18.7 Å². The monoisotopic (exact) mass is 391 g/mol. The van der Waals surface area contributed by atoms with Crippen LogP contribution in [0.4, 0.5) is 4.39 Å². The maximum atomic E-state index is 12.9. The summed E-state index contributed by atoms with van der Waals surface area (Å²) in [6.45, 7) is 5.30. The highest BCUT2D eigenvalue weighted by molar-refractivity contribution is 5.81. The Hall–Kier alpha value is -1.99. The third-order valence-corrected chi connectivity index (χ3v) is 5.68. The summed E-state index contributed by atoms with van der Waals surface area (Å²) in [4.78, 5) is 27.0. The highest BCUT2D eigenvalue weighted by Gasteiger charge is 2.29. The highest BCUT2D eigenvalue weighted by atomic mass is 19.1. The van der Waals surface area contributed by atoms with Crippen molar-refractivity contribution in [1.82, 2.24) is 15.5 Å². The molecule has 0 unspecified atom stereocenters. The van der Waals surface area contributed by atoms with Crippen molar-refractivity contribution >= 4 is 11.8 Å². The van der Waals surface area contributed by atoms with E-state index in [0.29, 0.717) is 13.1 Å². The van der Waals surface area contributed by atoms with E-state index in [-0.39, 0.29) is 29.5 Å². The molecule has 1 aliphatic heterocycles. The number of benzene rings is 1. The second-order valence-electron chi connectivity index (χ2n) is 7.64. The quantitative estimate of drug-likeness (QED) is 0.742. The normalized spacial score (nSPS) is 23.2. The van der Waals surface area contributed by atoms with E-state index >= 15 is 0 Å². The summed E-state index contributed by atoms with van der Waals surface area (Å²) in [5, 5.41) is 5.97. The molecule has 1 aromatic rings. The van der Waals surface area contributed by atoms with Gasteiger partial charge >= 0.3 is 0 Å². The van der Waals surface area contributed by atoms with Crippen LogP contribution in [0.15, 0.2) is 24.3 Å². The second kappa shape index (κ2) is 10.5. The van der Waals surface area contributed by atoms with Gasteiger partial charge in [-0.25, -0.2) is 4.39 Å². The summed E-state index contributed by atoms with van der Waals surface area (Å²) in [6, 6.07) is 6.14. The maximum absolute atomic E-state index is 12.9. The number of hydrogen-bond acceptors (Lipinski definition) is 4. The van der Waals surface area contributed by atoms with Crippen LogP contribution < -0.4 is 10.6 Å². The van der Waals surface area contributed by atoms with Crippen LogP contribution in [-0.2, 0) is 20.9 Å². The lowest BCUT2D eigenvalue weighted by Gasteiger charge is -2.28. The van der Waals surface area contributed by atoms with Gasteiger partial charge in [0.2, 0.25) is 11.8 Å². The Morgan fingerprint density at radius 1 is 0.964 bits per heavy atom. The number of halogens is 1.